The van der Waals surface area contributed by atoms with Crippen molar-refractivity contribution in [3.05, 3.63) is 16.6 Å². The minimum absolute atomic E-state index is 0.122. The number of likely N-dealkylation sites (tertiary alicyclic amines) is 2. The van der Waals surface area contributed by atoms with Crippen molar-refractivity contribution in [1.29, 1.82) is 0 Å². The molecule has 4 rings (SSSR count). The number of thiazole rings is 1. The first-order valence-corrected chi connectivity index (χ1v) is 9.08. The molecule has 0 N–H and O–H groups in total. The van der Waals surface area contributed by atoms with Crippen molar-refractivity contribution < 1.29 is 9.59 Å². The van der Waals surface area contributed by atoms with Crippen molar-refractivity contribution in [1.82, 2.24) is 14.8 Å². The normalized spacial score (nSPS) is 29.2. The molecule has 0 spiro atoms. The summed E-state index contributed by atoms with van der Waals surface area (Å²) in [6, 6.07) is 0.426. The average molecular weight is 319 g/mol. The number of rotatable bonds is 3. The molecule has 0 radical (unpaired) electrons. The molecule has 2 amide bonds. The van der Waals surface area contributed by atoms with E-state index in [0.717, 1.165) is 43.8 Å². The minimum Gasteiger partial charge on any atom is -0.342 e. The first kappa shape index (κ1) is 14.2. The fourth-order valence-corrected chi connectivity index (χ4v) is 4.48. The van der Waals surface area contributed by atoms with Crippen molar-refractivity contribution in [2.75, 3.05) is 19.6 Å². The van der Waals surface area contributed by atoms with Gasteiger partial charge in [0.15, 0.2) is 0 Å². The van der Waals surface area contributed by atoms with Gasteiger partial charge in [-0.25, -0.2) is 4.98 Å². The molecule has 3 aliphatic rings. The van der Waals surface area contributed by atoms with Gasteiger partial charge in [-0.05, 0) is 25.7 Å². The van der Waals surface area contributed by atoms with E-state index in [0.29, 0.717) is 24.9 Å². The molecule has 5 nitrogen and oxygen atoms in total. The Labute approximate surface area is 134 Å². The Morgan fingerprint density at radius 1 is 1.27 bits per heavy atom. The molecule has 1 saturated carbocycles. The molecule has 0 unspecified atom stereocenters. The van der Waals surface area contributed by atoms with Crippen LogP contribution in [0.15, 0.2) is 11.6 Å². The quantitative estimate of drug-likeness (QED) is 0.854. The molecule has 1 aromatic heterocycles. The molecule has 2 atom stereocenters. The summed E-state index contributed by atoms with van der Waals surface area (Å²) in [6.07, 6.45) is 6.61. The molecule has 2 saturated heterocycles. The standard InChI is InChI=1S/C16H21N3O2S/c20-14-8-12(10-19(14)13-3-4-13)16(21)18-6-1-2-11(9-18)15-17-5-7-22-15/h5,7,11-13H,1-4,6,8-10H2/t11-,12+/m0/s1. The molecule has 1 aliphatic carbocycles. The third kappa shape index (κ3) is 2.64. The van der Waals surface area contributed by atoms with E-state index in [1.165, 1.54) is 0 Å². The van der Waals surface area contributed by atoms with Crippen LogP contribution in [0.25, 0.3) is 0 Å². The predicted octanol–water partition coefficient (Wildman–Crippen LogP) is 1.86. The number of aromatic nitrogens is 1. The zero-order valence-corrected chi connectivity index (χ0v) is 13.4. The lowest BCUT2D eigenvalue weighted by Gasteiger charge is -2.33. The number of amides is 2. The van der Waals surface area contributed by atoms with E-state index in [1.807, 2.05) is 21.4 Å². The average Bonchev–Trinajstić information content (AvgIpc) is 3.09. The van der Waals surface area contributed by atoms with Crippen LogP contribution in [0, 0.1) is 5.92 Å². The molecule has 1 aromatic rings. The number of hydrogen-bond acceptors (Lipinski definition) is 4. The fourth-order valence-electron chi connectivity index (χ4n) is 3.71. The maximum atomic E-state index is 12.8. The summed E-state index contributed by atoms with van der Waals surface area (Å²) in [4.78, 5) is 33.1. The molecule has 3 heterocycles. The van der Waals surface area contributed by atoms with E-state index in [4.69, 9.17) is 0 Å². The first-order valence-electron chi connectivity index (χ1n) is 8.20. The summed E-state index contributed by atoms with van der Waals surface area (Å²) in [7, 11) is 0. The van der Waals surface area contributed by atoms with Gasteiger partial charge in [-0.15, -0.1) is 11.3 Å². The second kappa shape index (κ2) is 5.65. The molecule has 2 aliphatic heterocycles. The Morgan fingerprint density at radius 2 is 2.14 bits per heavy atom. The van der Waals surface area contributed by atoms with Crippen LogP contribution in [0.4, 0.5) is 0 Å². The lowest BCUT2D eigenvalue weighted by atomic mass is 9.96. The van der Waals surface area contributed by atoms with E-state index in [9.17, 15) is 9.59 Å². The van der Waals surface area contributed by atoms with Gasteiger partial charge in [-0.3, -0.25) is 9.59 Å². The largest absolute Gasteiger partial charge is 0.342 e. The molecular formula is C16H21N3O2S. The SMILES string of the molecule is O=C([C@@H]1CC(=O)N(C2CC2)C1)N1CCC[C@H](c2nccs2)C1. The number of carbonyl (C=O) groups is 2. The Morgan fingerprint density at radius 3 is 2.86 bits per heavy atom. The van der Waals surface area contributed by atoms with Crippen LogP contribution in [0.5, 0.6) is 0 Å². The van der Waals surface area contributed by atoms with Crippen molar-refractivity contribution in [3.8, 4) is 0 Å². The second-order valence-corrected chi connectivity index (χ2v) is 7.60. The van der Waals surface area contributed by atoms with E-state index in [2.05, 4.69) is 4.98 Å². The van der Waals surface area contributed by atoms with E-state index >= 15 is 0 Å². The lowest BCUT2D eigenvalue weighted by Crippen LogP contribution is -2.43. The van der Waals surface area contributed by atoms with E-state index in [1.54, 1.807) is 11.3 Å². The van der Waals surface area contributed by atoms with Gasteiger partial charge in [0.25, 0.3) is 0 Å². The van der Waals surface area contributed by atoms with E-state index in [-0.39, 0.29) is 17.7 Å². The highest BCUT2D eigenvalue weighted by Gasteiger charge is 2.43. The van der Waals surface area contributed by atoms with Gasteiger partial charge >= 0.3 is 0 Å². The third-order valence-electron chi connectivity index (χ3n) is 5.03. The van der Waals surface area contributed by atoms with Crippen LogP contribution in [-0.2, 0) is 9.59 Å². The highest BCUT2D eigenvalue weighted by Crippen LogP contribution is 2.34. The lowest BCUT2D eigenvalue weighted by molar-refractivity contribution is -0.137. The summed E-state index contributed by atoms with van der Waals surface area (Å²) in [5.41, 5.74) is 0. The zero-order chi connectivity index (χ0) is 15.1. The Bertz CT molecular complexity index is 570. The molecule has 22 heavy (non-hydrogen) atoms. The van der Waals surface area contributed by atoms with Gasteiger partial charge in [0.1, 0.15) is 0 Å². The van der Waals surface area contributed by atoms with Gasteiger partial charge in [-0.2, -0.15) is 0 Å². The topological polar surface area (TPSA) is 53.5 Å². The Hall–Kier alpha value is -1.43. The highest BCUT2D eigenvalue weighted by atomic mass is 32.1. The summed E-state index contributed by atoms with van der Waals surface area (Å²) < 4.78 is 0. The van der Waals surface area contributed by atoms with Gasteiger partial charge in [0.2, 0.25) is 11.8 Å². The van der Waals surface area contributed by atoms with Gasteiger partial charge in [0, 0.05) is 49.6 Å². The van der Waals surface area contributed by atoms with Crippen LogP contribution in [0.1, 0.15) is 43.0 Å². The van der Waals surface area contributed by atoms with Crippen LogP contribution in [0.3, 0.4) is 0 Å². The van der Waals surface area contributed by atoms with Gasteiger partial charge in [0.05, 0.1) is 10.9 Å². The van der Waals surface area contributed by atoms with Crippen LogP contribution in [-0.4, -0.2) is 52.3 Å². The number of piperidine rings is 1. The summed E-state index contributed by atoms with van der Waals surface area (Å²) in [5, 5.41) is 3.14. The predicted molar refractivity (Wildman–Crippen MR) is 83.5 cm³/mol. The van der Waals surface area contributed by atoms with Gasteiger partial charge in [-0.1, -0.05) is 0 Å². The Balaban J connectivity index is 1.41. The highest BCUT2D eigenvalue weighted by molar-refractivity contribution is 7.09. The monoisotopic (exact) mass is 319 g/mol. The summed E-state index contributed by atoms with van der Waals surface area (Å²) >= 11 is 1.68. The second-order valence-electron chi connectivity index (χ2n) is 6.67. The molecular weight excluding hydrogens is 298 g/mol. The van der Waals surface area contributed by atoms with Crippen LogP contribution in [0.2, 0.25) is 0 Å². The maximum Gasteiger partial charge on any atom is 0.228 e. The van der Waals surface area contributed by atoms with Crippen molar-refractivity contribution in [2.24, 2.45) is 5.92 Å². The molecule has 0 aromatic carbocycles. The smallest absolute Gasteiger partial charge is 0.228 e. The number of nitrogens with zero attached hydrogens (tertiary/aromatic N) is 3. The third-order valence-corrected chi connectivity index (χ3v) is 5.97. The molecule has 3 fully saturated rings. The molecule has 0 bridgehead atoms. The maximum absolute atomic E-state index is 12.8. The van der Waals surface area contributed by atoms with Gasteiger partial charge < -0.3 is 9.80 Å². The zero-order valence-electron chi connectivity index (χ0n) is 12.6. The minimum atomic E-state index is -0.122. The fraction of sp³-hybridized carbons (Fsp3) is 0.688. The van der Waals surface area contributed by atoms with E-state index < -0.39 is 0 Å². The summed E-state index contributed by atoms with van der Waals surface area (Å²) in [5.74, 6) is 0.601. The van der Waals surface area contributed by atoms with Crippen LogP contribution < -0.4 is 0 Å². The molecule has 6 heteroatoms. The van der Waals surface area contributed by atoms with Crippen molar-refractivity contribution in [3.63, 3.8) is 0 Å². The number of carbonyl (C=O) groups excluding carboxylic acids is 2. The van der Waals surface area contributed by atoms with Crippen LogP contribution >= 0.6 is 11.3 Å². The van der Waals surface area contributed by atoms with Crippen molar-refractivity contribution in [2.45, 2.75) is 44.1 Å². The van der Waals surface area contributed by atoms with Crippen molar-refractivity contribution >= 4 is 23.2 Å². The molecule has 118 valence electrons. The first-order chi connectivity index (χ1) is 10.7. The summed E-state index contributed by atoms with van der Waals surface area (Å²) in [6.45, 7) is 2.23. The Kier molecular flexibility index (Phi) is 3.64. The number of hydrogen-bond donors (Lipinski definition) is 0.